The molecule has 1 heterocycles. The van der Waals surface area contributed by atoms with Crippen LogP contribution in [0.25, 0.3) is 0 Å². The predicted octanol–water partition coefficient (Wildman–Crippen LogP) is 1.35. The molecule has 1 fully saturated rings. The van der Waals surface area contributed by atoms with E-state index in [-0.39, 0.29) is 11.8 Å². The molecule has 1 N–H and O–H groups in total. The lowest BCUT2D eigenvalue weighted by Gasteiger charge is -2.28. The van der Waals surface area contributed by atoms with Gasteiger partial charge in [0.25, 0.3) is 5.91 Å². The van der Waals surface area contributed by atoms with Crippen molar-refractivity contribution in [2.45, 2.75) is 31.7 Å². The first-order valence-corrected chi connectivity index (χ1v) is 6.90. The Morgan fingerprint density at radius 3 is 2.89 bits per heavy atom. The molecule has 0 aromatic heterocycles. The Hall–Kier alpha value is -1.84. The number of amides is 2. The molecular formula is C15H18N2O2. The van der Waals surface area contributed by atoms with E-state index in [1.54, 1.807) is 4.90 Å². The number of carbonyl (C=O) groups excluding carboxylic acids is 2. The summed E-state index contributed by atoms with van der Waals surface area (Å²) in [5.74, 6) is 0.121. The highest BCUT2D eigenvalue weighted by Crippen LogP contribution is 2.20. The van der Waals surface area contributed by atoms with Gasteiger partial charge in [-0.1, -0.05) is 18.2 Å². The average molecular weight is 258 g/mol. The maximum atomic E-state index is 12.3. The van der Waals surface area contributed by atoms with Gasteiger partial charge in [-0.05, 0) is 30.9 Å². The van der Waals surface area contributed by atoms with Crippen molar-refractivity contribution in [2.75, 3.05) is 13.1 Å². The van der Waals surface area contributed by atoms with E-state index in [2.05, 4.69) is 5.32 Å². The molecule has 0 atom stereocenters. The van der Waals surface area contributed by atoms with Crippen molar-refractivity contribution in [1.82, 2.24) is 10.2 Å². The zero-order valence-electron chi connectivity index (χ0n) is 10.9. The summed E-state index contributed by atoms with van der Waals surface area (Å²) in [6.07, 6.45) is 3.49. The molecule has 1 aliphatic heterocycles. The van der Waals surface area contributed by atoms with E-state index in [1.807, 2.05) is 24.3 Å². The van der Waals surface area contributed by atoms with E-state index < -0.39 is 0 Å². The predicted molar refractivity (Wildman–Crippen MR) is 71.8 cm³/mol. The Bertz CT molecular complexity index is 509. The minimum absolute atomic E-state index is 0.0565. The van der Waals surface area contributed by atoms with Crippen LogP contribution < -0.4 is 5.32 Å². The quantitative estimate of drug-likeness (QED) is 0.886. The van der Waals surface area contributed by atoms with Crippen LogP contribution in [-0.2, 0) is 11.2 Å². The minimum Gasteiger partial charge on any atom is -0.353 e. The molecule has 1 saturated carbocycles. The number of hydrogen-bond acceptors (Lipinski definition) is 2. The third-order valence-electron chi connectivity index (χ3n) is 3.74. The van der Waals surface area contributed by atoms with Gasteiger partial charge in [0.1, 0.15) is 0 Å². The van der Waals surface area contributed by atoms with Crippen molar-refractivity contribution >= 4 is 11.8 Å². The summed E-state index contributed by atoms with van der Waals surface area (Å²) >= 11 is 0. The molecule has 100 valence electrons. The van der Waals surface area contributed by atoms with Crippen molar-refractivity contribution in [3.8, 4) is 0 Å². The Labute approximate surface area is 112 Å². The van der Waals surface area contributed by atoms with Crippen LogP contribution in [0.2, 0.25) is 0 Å². The number of nitrogens with zero attached hydrogens (tertiary/aromatic N) is 1. The van der Waals surface area contributed by atoms with Crippen molar-refractivity contribution < 1.29 is 9.59 Å². The Morgan fingerprint density at radius 2 is 2.11 bits per heavy atom. The normalized spacial score (nSPS) is 18.1. The van der Waals surface area contributed by atoms with Gasteiger partial charge in [-0.2, -0.15) is 0 Å². The van der Waals surface area contributed by atoms with Crippen LogP contribution in [0.15, 0.2) is 24.3 Å². The summed E-state index contributed by atoms with van der Waals surface area (Å²) < 4.78 is 0. The lowest BCUT2D eigenvalue weighted by atomic mass is 9.99. The van der Waals surface area contributed by atoms with Crippen LogP contribution in [0.3, 0.4) is 0 Å². The number of benzene rings is 1. The maximum absolute atomic E-state index is 12.3. The lowest BCUT2D eigenvalue weighted by molar-refractivity contribution is -0.121. The monoisotopic (exact) mass is 258 g/mol. The van der Waals surface area contributed by atoms with E-state index in [0.29, 0.717) is 25.6 Å². The van der Waals surface area contributed by atoms with Gasteiger partial charge >= 0.3 is 0 Å². The molecule has 2 amide bonds. The Balaban J connectivity index is 1.57. The number of fused-ring (bicyclic) bond motifs is 1. The largest absolute Gasteiger partial charge is 0.353 e. The van der Waals surface area contributed by atoms with E-state index in [4.69, 9.17) is 0 Å². The molecule has 1 aromatic rings. The van der Waals surface area contributed by atoms with Crippen molar-refractivity contribution in [1.29, 1.82) is 0 Å². The molecule has 2 aliphatic rings. The van der Waals surface area contributed by atoms with Crippen molar-refractivity contribution in [3.63, 3.8) is 0 Å². The van der Waals surface area contributed by atoms with Gasteiger partial charge in [0.05, 0.1) is 0 Å². The highest BCUT2D eigenvalue weighted by Gasteiger charge is 2.26. The van der Waals surface area contributed by atoms with Crippen molar-refractivity contribution in [2.24, 2.45) is 0 Å². The van der Waals surface area contributed by atoms with Crippen LogP contribution in [0.4, 0.5) is 0 Å². The van der Waals surface area contributed by atoms with Gasteiger partial charge in [0, 0.05) is 31.1 Å². The van der Waals surface area contributed by atoms with E-state index >= 15 is 0 Å². The first-order valence-electron chi connectivity index (χ1n) is 6.90. The highest BCUT2D eigenvalue weighted by atomic mass is 16.2. The molecule has 1 aliphatic carbocycles. The molecular weight excluding hydrogens is 240 g/mol. The van der Waals surface area contributed by atoms with Gasteiger partial charge in [0.15, 0.2) is 0 Å². The smallest absolute Gasteiger partial charge is 0.254 e. The third-order valence-corrected chi connectivity index (χ3v) is 3.74. The summed E-state index contributed by atoms with van der Waals surface area (Å²) in [6.45, 7) is 1.23. The Kier molecular flexibility index (Phi) is 3.23. The average Bonchev–Trinajstić information content (AvgIpc) is 3.22. The molecule has 4 heteroatoms. The molecule has 3 rings (SSSR count). The first-order chi connectivity index (χ1) is 9.24. The molecule has 0 unspecified atom stereocenters. The van der Waals surface area contributed by atoms with Gasteiger partial charge in [0.2, 0.25) is 5.91 Å². The molecule has 0 radical (unpaired) electrons. The standard InChI is InChI=1S/C15H18N2O2/c18-14(16-12-5-6-12)8-10-17-9-7-11-3-1-2-4-13(11)15(17)19/h1-4,12H,5-10H2,(H,16,18). The summed E-state index contributed by atoms with van der Waals surface area (Å²) in [5.41, 5.74) is 1.91. The van der Waals surface area contributed by atoms with Crippen LogP contribution in [-0.4, -0.2) is 35.8 Å². The summed E-state index contributed by atoms with van der Waals surface area (Å²) in [6, 6.07) is 8.12. The van der Waals surface area contributed by atoms with Gasteiger partial charge in [-0.3, -0.25) is 9.59 Å². The second-order valence-electron chi connectivity index (χ2n) is 5.29. The fraction of sp³-hybridized carbons (Fsp3) is 0.467. The maximum Gasteiger partial charge on any atom is 0.254 e. The SMILES string of the molecule is O=C(CCN1CCc2ccccc2C1=O)NC1CC1. The van der Waals surface area contributed by atoms with Crippen LogP contribution in [0.5, 0.6) is 0 Å². The lowest BCUT2D eigenvalue weighted by Crippen LogP contribution is -2.40. The fourth-order valence-electron chi connectivity index (χ4n) is 2.45. The van der Waals surface area contributed by atoms with Crippen LogP contribution in [0.1, 0.15) is 35.2 Å². The molecule has 4 nitrogen and oxygen atoms in total. The first kappa shape index (κ1) is 12.2. The molecule has 0 bridgehead atoms. The van der Waals surface area contributed by atoms with Crippen LogP contribution in [0, 0.1) is 0 Å². The summed E-state index contributed by atoms with van der Waals surface area (Å²) in [5, 5.41) is 2.95. The minimum atomic E-state index is 0.0565. The molecule has 0 spiro atoms. The number of carbonyl (C=O) groups is 2. The van der Waals surface area contributed by atoms with Gasteiger partial charge < -0.3 is 10.2 Å². The fourth-order valence-corrected chi connectivity index (χ4v) is 2.45. The molecule has 19 heavy (non-hydrogen) atoms. The number of nitrogens with one attached hydrogen (secondary N) is 1. The summed E-state index contributed by atoms with van der Waals surface area (Å²) in [4.78, 5) is 25.7. The molecule has 0 saturated heterocycles. The van der Waals surface area contributed by atoms with Crippen LogP contribution >= 0.6 is 0 Å². The summed E-state index contributed by atoms with van der Waals surface area (Å²) in [7, 11) is 0. The molecule has 1 aromatic carbocycles. The third kappa shape index (κ3) is 2.78. The topological polar surface area (TPSA) is 49.4 Å². The second kappa shape index (κ2) is 5.03. The number of hydrogen-bond donors (Lipinski definition) is 1. The van der Waals surface area contributed by atoms with Gasteiger partial charge in [-0.15, -0.1) is 0 Å². The van der Waals surface area contributed by atoms with E-state index in [0.717, 1.165) is 30.4 Å². The highest BCUT2D eigenvalue weighted by molar-refractivity contribution is 5.96. The number of rotatable bonds is 4. The van der Waals surface area contributed by atoms with Crippen molar-refractivity contribution in [3.05, 3.63) is 35.4 Å². The zero-order chi connectivity index (χ0) is 13.2. The van der Waals surface area contributed by atoms with E-state index in [1.165, 1.54) is 0 Å². The van der Waals surface area contributed by atoms with E-state index in [9.17, 15) is 9.59 Å². The zero-order valence-corrected chi connectivity index (χ0v) is 10.9. The second-order valence-corrected chi connectivity index (χ2v) is 5.29. The van der Waals surface area contributed by atoms with Gasteiger partial charge in [-0.25, -0.2) is 0 Å². The Morgan fingerprint density at radius 1 is 1.32 bits per heavy atom.